The lowest BCUT2D eigenvalue weighted by Crippen LogP contribution is -2.12. The number of nitrogens with one attached hydrogen (secondary N) is 1. The van der Waals surface area contributed by atoms with Crippen molar-refractivity contribution in [2.24, 2.45) is 0 Å². The average Bonchev–Trinajstić information content (AvgIpc) is 2.61. The molecule has 0 spiro atoms. The number of unbranched alkanes of at least 4 members (excludes halogenated alkanes) is 4. The molecule has 2 rings (SSSR count). The molecule has 1 N–H and O–H groups in total. The van der Waals surface area contributed by atoms with Gasteiger partial charge in [0.15, 0.2) is 0 Å². The predicted octanol–water partition coefficient (Wildman–Crippen LogP) is 6.59. The minimum atomic E-state index is -0.227. The zero-order valence-corrected chi connectivity index (χ0v) is 15.9. The predicted molar refractivity (Wildman–Crippen MR) is 105 cm³/mol. The van der Waals surface area contributed by atoms with Crippen LogP contribution in [0.2, 0.25) is 10.0 Å². The molecule has 0 bridgehead atoms. The van der Waals surface area contributed by atoms with Gasteiger partial charge in [-0.05, 0) is 48.9 Å². The van der Waals surface area contributed by atoms with Crippen LogP contribution in [0.15, 0.2) is 42.5 Å². The van der Waals surface area contributed by atoms with Crippen molar-refractivity contribution in [3.05, 3.63) is 58.1 Å². The van der Waals surface area contributed by atoms with E-state index in [1.54, 1.807) is 30.3 Å². The van der Waals surface area contributed by atoms with Gasteiger partial charge >= 0.3 is 0 Å². The van der Waals surface area contributed by atoms with E-state index in [0.717, 1.165) is 12.2 Å². The Bertz CT molecular complexity index is 687. The van der Waals surface area contributed by atoms with Crippen LogP contribution in [0.3, 0.4) is 0 Å². The van der Waals surface area contributed by atoms with E-state index in [9.17, 15) is 4.79 Å². The van der Waals surface area contributed by atoms with Gasteiger partial charge in [-0.3, -0.25) is 4.79 Å². The lowest BCUT2D eigenvalue weighted by Gasteiger charge is -2.09. The molecule has 2 aromatic rings. The lowest BCUT2D eigenvalue weighted by atomic mass is 10.1. The van der Waals surface area contributed by atoms with Crippen molar-refractivity contribution in [1.82, 2.24) is 0 Å². The topological polar surface area (TPSA) is 38.3 Å². The van der Waals surface area contributed by atoms with E-state index in [0.29, 0.717) is 27.9 Å². The lowest BCUT2D eigenvalue weighted by molar-refractivity contribution is 0.102. The Morgan fingerprint density at radius 3 is 2.40 bits per heavy atom. The van der Waals surface area contributed by atoms with Crippen LogP contribution in [-0.4, -0.2) is 12.5 Å². The Labute approximate surface area is 159 Å². The van der Waals surface area contributed by atoms with Crippen LogP contribution in [0.1, 0.15) is 49.4 Å². The monoisotopic (exact) mass is 379 g/mol. The van der Waals surface area contributed by atoms with E-state index in [4.69, 9.17) is 27.9 Å². The van der Waals surface area contributed by atoms with Crippen molar-refractivity contribution in [3.63, 3.8) is 0 Å². The fourth-order valence-corrected chi connectivity index (χ4v) is 2.84. The van der Waals surface area contributed by atoms with E-state index in [2.05, 4.69) is 12.2 Å². The van der Waals surface area contributed by atoms with Crippen molar-refractivity contribution in [2.75, 3.05) is 11.9 Å². The molecule has 0 aromatic heterocycles. The van der Waals surface area contributed by atoms with E-state index in [1.807, 2.05) is 12.1 Å². The molecule has 0 unspecified atom stereocenters. The molecule has 0 fully saturated rings. The van der Waals surface area contributed by atoms with Gasteiger partial charge in [0, 0.05) is 10.6 Å². The Hall–Kier alpha value is -1.71. The number of carbonyl (C=O) groups is 1. The van der Waals surface area contributed by atoms with Crippen LogP contribution in [0.4, 0.5) is 5.69 Å². The highest BCUT2D eigenvalue weighted by atomic mass is 35.5. The van der Waals surface area contributed by atoms with Crippen LogP contribution < -0.4 is 10.1 Å². The van der Waals surface area contributed by atoms with E-state index in [-0.39, 0.29) is 5.91 Å². The number of ether oxygens (including phenoxy) is 1. The molecule has 0 saturated carbocycles. The minimum absolute atomic E-state index is 0.227. The number of halogens is 2. The third kappa shape index (κ3) is 6.60. The molecule has 3 nitrogen and oxygen atoms in total. The first kappa shape index (κ1) is 19.6. The minimum Gasteiger partial charge on any atom is -0.494 e. The maximum Gasteiger partial charge on any atom is 0.255 e. The van der Waals surface area contributed by atoms with Gasteiger partial charge in [0.2, 0.25) is 0 Å². The van der Waals surface area contributed by atoms with Crippen molar-refractivity contribution in [2.45, 2.75) is 39.0 Å². The highest BCUT2D eigenvalue weighted by Crippen LogP contribution is 2.26. The SMILES string of the molecule is CCCCCCCOc1ccc(C(=O)Nc2ccc(Cl)cc2Cl)cc1. The summed E-state index contributed by atoms with van der Waals surface area (Å²) in [6.07, 6.45) is 6.02. The molecule has 25 heavy (non-hydrogen) atoms. The standard InChI is InChI=1S/C20H23Cl2NO2/c1-2-3-4-5-6-13-25-17-10-7-15(8-11-17)20(24)23-19-12-9-16(21)14-18(19)22/h7-12,14H,2-6,13H2,1H3,(H,23,24). The fraction of sp³-hybridized carbons (Fsp3) is 0.350. The molecule has 5 heteroatoms. The van der Waals surface area contributed by atoms with Gasteiger partial charge in [-0.15, -0.1) is 0 Å². The molecule has 2 aromatic carbocycles. The number of anilines is 1. The average molecular weight is 380 g/mol. The molecule has 0 radical (unpaired) electrons. The second kappa shape index (κ2) is 10.3. The van der Waals surface area contributed by atoms with E-state index < -0.39 is 0 Å². The first-order valence-corrected chi connectivity index (χ1v) is 9.35. The molecule has 0 aliphatic rings. The van der Waals surface area contributed by atoms with Crippen LogP contribution >= 0.6 is 23.2 Å². The highest BCUT2D eigenvalue weighted by molar-refractivity contribution is 6.36. The molecule has 0 saturated heterocycles. The van der Waals surface area contributed by atoms with E-state index >= 15 is 0 Å². The summed E-state index contributed by atoms with van der Waals surface area (Å²) in [4.78, 5) is 12.3. The third-order valence-electron chi connectivity index (χ3n) is 3.81. The number of hydrogen-bond acceptors (Lipinski definition) is 2. The van der Waals surface area contributed by atoms with Gasteiger partial charge in [0.1, 0.15) is 5.75 Å². The molecule has 0 heterocycles. The van der Waals surface area contributed by atoms with Crippen molar-refractivity contribution < 1.29 is 9.53 Å². The van der Waals surface area contributed by atoms with Crippen molar-refractivity contribution in [1.29, 1.82) is 0 Å². The Morgan fingerprint density at radius 1 is 1.00 bits per heavy atom. The highest BCUT2D eigenvalue weighted by Gasteiger charge is 2.09. The summed E-state index contributed by atoms with van der Waals surface area (Å²) in [5, 5.41) is 3.71. The largest absolute Gasteiger partial charge is 0.494 e. The zero-order valence-electron chi connectivity index (χ0n) is 14.4. The smallest absolute Gasteiger partial charge is 0.255 e. The number of benzene rings is 2. The van der Waals surface area contributed by atoms with Crippen molar-refractivity contribution >= 4 is 34.8 Å². The van der Waals surface area contributed by atoms with Crippen LogP contribution in [0.25, 0.3) is 0 Å². The van der Waals surface area contributed by atoms with Crippen LogP contribution in [0.5, 0.6) is 5.75 Å². The van der Waals surface area contributed by atoms with Gasteiger partial charge in [-0.25, -0.2) is 0 Å². The summed E-state index contributed by atoms with van der Waals surface area (Å²) in [5.41, 5.74) is 1.07. The number of rotatable bonds is 9. The van der Waals surface area contributed by atoms with Crippen LogP contribution in [-0.2, 0) is 0 Å². The van der Waals surface area contributed by atoms with Gasteiger partial charge < -0.3 is 10.1 Å². The van der Waals surface area contributed by atoms with Crippen LogP contribution in [0, 0.1) is 0 Å². The summed E-state index contributed by atoms with van der Waals surface area (Å²) in [5.74, 6) is 0.548. The molecule has 0 atom stereocenters. The maximum absolute atomic E-state index is 12.3. The molecule has 0 aliphatic heterocycles. The summed E-state index contributed by atoms with van der Waals surface area (Å²) >= 11 is 11.9. The molecule has 1 amide bonds. The summed E-state index contributed by atoms with van der Waals surface area (Å²) in [6.45, 7) is 2.91. The molecular formula is C20H23Cl2NO2. The Kier molecular flexibility index (Phi) is 8.10. The van der Waals surface area contributed by atoms with Gasteiger partial charge in [0.05, 0.1) is 17.3 Å². The van der Waals surface area contributed by atoms with Gasteiger partial charge in [0.25, 0.3) is 5.91 Å². The first-order valence-electron chi connectivity index (χ1n) is 8.59. The zero-order chi connectivity index (χ0) is 18.1. The van der Waals surface area contributed by atoms with E-state index in [1.165, 1.54) is 25.7 Å². The van der Waals surface area contributed by atoms with Gasteiger partial charge in [-0.2, -0.15) is 0 Å². The second-order valence-corrected chi connectivity index (χ2v) is 6.71. The Balaban J connectivity index is 1.83. The summed E-state index contributed by atoms with van der Waals surface area (Å²) < 4.78 is 5.70. The molecule has 134 valence electrons. The molecule has 0 aliphatic carbocycles. The molecular weight excluding hydrogens is 357 g/mol. The number of carbonyl (C=O) groups excluding carboxylic acids is 1. The third-order valence-corrected chi connectivity index (χ3v) is 4.36. The maximum atomic E-state index is 12.3. The Morgan fingerprint density at radius 2 is 1.72 bits per heavy atom. The number of amides is 1. The second-order valence-electron chi connectivity index (χ2n) is 5.87. The normalized spacial score (nSPS) is 10.5. The fourth-order valence-electron chi connectivity index (χ4n) is 2.38. The summed E-state index contributed by atoms with van der Waals surface area (Å²) in [6, 6.07) is 12.1. The number of hydrogen-bond donors (Lipinski definition) is 1. The first-order chi connectivity index (χ1) is 12.1. The summed E-state index contributed by atoms with van der Waals surface area (Å²) in [7, 11) is 0. The quantitative estimate of drug-likeness (QED) is 0.498. The van der Waals surface area contributed by atoms with Gasteiger partial charge in [-0.1, -0.05) is 55.8 Å². The van der Waals surface area contributed by atoms with Crippen molar-refractivity contribution in [3.8, 4) is 5.75 Å².